The second-order valence-corrected chi connectivity index (χ2v) is 7.60. The van der Waals surface area contributed by atoms with Gasteiger partial charge in [-0.3, -0.25) is 0 Å². The predicted octanol–water partition coefficient (Wildman–Crippen LogP) is 4.94. The Kier molecular flexibility index (Phi) is 6.02. The summed E-state index contributed by atoms with van der Waals surface area (Å²) in [6.07, 6.45) is 0.986. The van der Waals surface area contributed by atoms with Gasteiger partial charge in [-0.2, -0.15) is 0 Å². The summed E-state index contributed by atoms with van der Waals surface area (Å²) in [5.41, 5.74) is 10.7. The molecule has 3 aromatic carbocycles. The lowest BCUT2D eigenvalue weighted by molar-refractivity contribution is 0.474. The molecule has 3 aromatic rings. The molecule has 0 heterocycles. The van der Waals surface area contributed by atoms with Gasteiger partial charge in [-0.1, -0.05) is 73.7 Å². The smallest absolute Gasteiger partial charge is 0.115 e. The number of hydrogen-bond donors (Lipinski definition) is 2. The van der Waals surface area contributed by atoms with Crippen LogP contribution in [0.2, 0.25) is 0 Å². The Morgan fingerprint density at radius 1 is 0.846 bits per heavy atom. The van der Waals surface area contributed by atoms with E-state index in [1.807, 2.05) is 30.0 Å². The summed E-state index contributed by atoms with van der Waals surface area (Å²) in [6, 6.07) is 26.8. The number of aromatic hydroxyl groups is 1. The monoisotopic (exact) mass is 363 g/mol. The number of aryl methyl sites for hydroxylation is 1. The van der Waals surface area contributed by atoms with Gasteiger partial charge in [-0.25, -0.2) is 0 Å². The van der Waals surface area contributed by atoms with Crippen molar-refractivity contribution in [3.8, 4) is 5.75 Å². The third-order valence-corrected chi connectivity index (χ3v) is 6.19. The van der Waals surface area contributed by atoms with Gasteiger partial charge in [0.1, 0.15) is 5.75 Å². The average molecular weight is 364 g/mol. The molecule has 0 aliphatic carbocycles. The summed E-state index contributed by atoms with van der Waals surface area (Å²) < 4.78 is -0.412. The number of thioether (sulfide) groups is 1. The molecule has 0 fully saturated rings. The summed E-state index contributed by atoms with van der Waals surface area (Å²) in [7, 11) is 0. The lowest BCUT2D eigenvalue weighted by Crippen LogP contribution is -2.27. The maximum absolute atomic E-state index is 10.2. The maximum atomic E-state index is 10.2. The molecular formula is C23H25NOS. The normalized spacial score (nSPS) is 13.3. The van der Waals surface area contributed by atoms with Gasteiger partial charge in [0, 0.05) is 12.3 Å². The summed E-state index contributed by atoms with van der Waals surface area (Å²) in [5, 5.41) is 10.2. The molecule has 134 valence electrons. The van der Waals surface area contributed by atoms with Crippen LogP contribution in [0, 0.1) is 0 Å². The summed E-state index contributed by atoms with van der Waals surface area (Å²) >= 11 is 1.82. The first-order chi connectivity index (χ1) is 12.7. The van der Waals surface area contributed by atoms with Crippen molar-refractivity contribution in [3.05, 3.63) is 101 Å². The molecule has 3 N–H and O–H groups in total. The third-order valence-electron chi connectivity index (χ3n) is 4.61. The van der Waals surface area contributed by atoms with Gasteiger partial charge in [0.2, 0.25) is 0 Å². The van der Waals surface area contributed by atoms with Crippen molar-refractivity contribution in [2.75, 3.05) is 12.3 Å². The standard InChI is InChI=1S/C23H25NOS/c1-2-18-8-6-11-20(16-18)23(26-15-14-24,19-9-4-3-5-10-19)21-12-7-13-22(25)17-21/h3-13,16-17,25H,2,14-15,24H2,1H3/t23-/m1/s1. The van der Waals surface area contributed by atoms with Gasteiger partial charge in [0.05, 0.1) is 4.75 Å². The van der Waals surface area contributed by atoms with Crippen molar-refractivity contribution in [1.29, 1.82) is 0 Å². The number of nitrogens with two attached hydrogens (primary N) is 1. The quantitative estimate of drug-likeness (QED) is 0.585. The molecule has 0 saturated heterocycles. The Labute approximate surface area is 160 Å². The molecule has 0 aliphatic heterocycles. The van der Waals surface area contributed by atoms with E-state index in [-0.39, 0.29) is 5.75 Å². The average Bonchev–Trinajstić information content (AvgIpc) is 2.70. The van der Waals surface area contributed by atoms with E-state index in [1.165, 1.54) is 16.7 Å². The predicted molar refractivity (Wildman–Crippen MR) is 112 cm³/mol. The van der Waals surface area contributed by atoms with Gasteiger partial charge in [0.25, 0.3) is 0 Å². The second-order valence-electron chi connectivity index (χ2n) is 6.29. The minimum Gasteiger partial charge on any atom is -0.508 e. The Hall–Kier alpha value is -2.23. The molecular weight excluding hydrogens is 338 g/mol. The lowest BCUT2D eigenvalue weighted by atomic mass is 9.83. The highest BCUT2D eigenvalue weighted by Crippen LogP contribution is 2.49. The van der Waals surface area contributed by atoms with Crippen LogP contribution in [-0.4, -0.2) is 17.4 Å². The van der Waals surface area contributed by atoms with Crippen LogP contribution in [0.5, 0.6) is 5.75 Å². The van der Waals surface area contributed by atoms with Crippen LogP contribution in [-0.2, 0) is 11.2 Å². The minimum atomic E-state index is -0.412. The SMILES string of the molecule is CCc1cccc([C@](SCCN)(c2ccccc2)c2cccc(O)c2)c1. The molecule has 0 bridgehead atoms. The molecule has 0 amide bonds. The Morgan fingerprint density at radius 2 is 1.50 bits per heavy atom. The first-order valence-corrected chi connectivity index (χ1v) is 9.97. The van der Waals surface area contributed by atoms with Crippen LogP contribution in [0.4, 0.5) is 0 Å². The molecule has 3 heteroatoms. The van der Waals surface area contributed by atoms with Crippen LogP contribution >= 0.6 is 11.8 Å². The van der Waals surface area contributed by atoms with Crippen molar-refractivity contribution in [2.24, 2.45) is 5.73 Å². The van der Waals surface area contributed by atoms with Gasteiger partial charge in [0.15, 0.2) is 0 Å². The van der Waals surface area contributed by atoms with E-state index in [9.17, 15) is 5.11 Å². The zero-order chi connectivity index (χ0) is 18.4. The second kappa shape index (κ2) is 8.43. The van der Waals surface area contributed by atoms with E-state index in [2.05, 4.69) is 61.5 Å². The van der Waals surface area contributed by atoms with E-state index in [1.54, 1.807) is 6.07 Å². The van der Waals surface area contributed by atoms with Gasteiger partial charge in [-0.05, 0) is 40.8 Å². The van der Waals surface area contributed by atoms with Crippen LogP contribution in [0.25, 0.3) is 0 Å². The Bertz CT molecular complexity index is 850. The molecule has 0 unspecified atom stereocenters. The van der Waals surface area contributed by atoms with E-state index in [4.69, 9.17) is 5.73 Å². The summed E-state index contributed by atoms with van der Waals surface area (Å²) in [4.78, 5) is 0. The van der Waals surface area contributed by atoms with Crippen molar-refractivity contribution in [2.45, 2.75) is 18.1 Å². The van der Waals surface area contributed by atoms with Crippen LogP contribution in [0.15, 0.2) is 78.9 Å². The fraction of sp³-hybridized carbons (Fsp3) is 0.217. The number of phenols is 1. The first kappa shape index (κ1) is 18.6. The molecule has 2 nitrogen and oxygen atoms in total. The van der Waals surface area contributed by atoms with E-state index < -0.39 is 4.75 Å². The molecule has 0 aromatic heterocycles. The zero-order valence-corrected chi connectivity index (χ0v) is 15.9. The molecule has 1 atom stereocenters. The summed E-state index contributed by atoms with van der Waals surface area (Å²) in [5.74, 6) is 1.10. The van der Waals surface area contributed by atoms with Crippen molar-refractivity contribution < 1.29 is 5.11 Å². The number of phenolic OH excluding ortho intramolecular Hbond substituents is 1. The molecule has 26 heavy (non-hydrogen) atoms. The van der Waals surface area contributed by atoms with Crippen LogP contribution in [0.3, 0.4) is 0 Å². The number of rotatable bonds is 7. The van der Waals surface area contributed by atoms with Crippen molar-refractivity contribution in [1.82, 2.24) is 0 Å². The van der Waals surface area contributed by atoms with E-state index >= 15 is 0 Å². The topological polar surface area (TPSA) is 46.2 Å². The number of benzene rings is 3. The van der Waals surface area contributed by atoms with Crippen LogP contribution < -0.4 is 5.73 Å². The zero-order valence-electron chi connectivity index (χ0n) is 15.1. The fourth-order valence-electron chi connectivity index (χ4n) is 3.37. The van der Waals surface area contributed by atoms with Crippen molar-refractivity contribution >= 4 is 11.8 Å². The van der Waals surface area contributed by atoms with E-state index in [0.717, 1.165) is 17.7 Å². The van der Waals surface area contributed by atoms with E-state index in [0.29, 0.717) is 6.54 Å². The Balaban J connectivity index is 2.30. The highest BCUT2D eigenvalue weighted by Gasteiger charge is 2.37. The third kappa shape index (κ3) is 3.64. The minimum absolute atomic E-state index is 0.280. The molecule has 0 radical (unpaired) electrons. The first-order valence-electron chi connectivity index (χ1n) is 8.99. The largest absolute Gasteiger partial charge is 0.508 e. The molecule has 3 rings (SSSR count). The molecule has 0 aliphatic rings. The highest BCUT2D eigenvalue weighted by atomic mass is 32.2. The van der Waals surface area contributed by atoms with Gasteiger partial charge in [-0.15, -0.1) is 11.8 Å². The fourth-order valence-corrected chi connectivity index (χ4v) is 4.68. The number of hydrogen-bond acceptors (Lipinski definition) is 3. The highest BCUT2D eigenvalue weighted by molar-refractivity contribution is 8.00. The van der Waals surface area contributed by atoms with Gasteiger partial charge < -0.3 is 10.8 Å². The van der Waals surface area contributed by atoms with Crippen LogP contribution in [0.1, 0.15) is 29.2 Å². The molecule has 0 spiro atoms. The molecule has 0 saturated carbocycles. The van der Waals surface area contributed by atoms with Crippen molar-refractivity contribution in [3.63, 3.8) is 0 Å². The summed E-state index contributed by atoms with van der Waals surface area (Å²) in [6.45, 7) is 2.77. The maximum Gasteiger partial charge on any atom is 0.115 e. The lowest BCUT2D eigenvalue weighted by Gasteiger charge is -2.35. The Morgan fingerprint density at radius 3 is 2.15 bits per heavy atom. The van der Waals surface area contributed by atoms with Gasteiger partial charge >= 0.3 is 0 Å².